The molecule has 0 aliphatic carbocycles. The van der Waals surface area contributed by atoms with Crippen LogP contribution in [0.25, 0.3) is 0 Å². The molecule has 174 valence electrons. The molecule has 2 aromatic carbocycles. The number of alkyl halides is 3. The van der Waals surface area contributed by atoms with Gasteiger partial charge in [-0.2, -0.15) is 13.2 Å². The van der Waals surface area contributed by atoms with Gasteiger partial charge >= 0.3 is 12.3 Å². The minimum atomic E-state index is -4.68. The van der Waals surface area contributed by atoms with E-state index in [0.717, 1.165) is 25.9 Å². The molecule has 1 aliphatic rings. The van der Waals surface area contributed by atoms with Crippen molar-refractivity contribution in [1.29, 1.82) is 0 Å². The third kappa shape index (κ3) is 5.94. The van der Waals surface area contributed by atoms with Crippen LogP contribution < -0.4 is 10.2 Å². The number of aliphatic hydroxyl groups excluding tert-OH is 1. The third-order valence-corrected chi connectivity index (χ3v) is 6.22. The van der Waals surface area contributed by atoms with E-state index < -0.39 is 30.7 Å². The Morgan fingerprint density at radius 2 is 1.81 bits per heavy atom. The first-order valence-electron chi connectivity index (χ1n) is 10.9. The number of piperidine rings is 1. The van der Waals surface area contributed by atoms with Crippen LogP contribution in [0.3, 0.4) is 0 Å². The number of nitrogens with one attached hydrogen (secondary N) is 1. The quantitative estimate of drug-likeness (QED) is 0.486. The van der Waals surface area contributed by atoms with Gasteiger partial charge in [0.25, 0.3) is 0 Å². The highest BCUT2D eigenvalue weighted by Crippen LogP contribution is 2.38. The van der Waals surface area contributed by atoms with Gasteiger partial charge < -0.3 is 15.1 Å². The molecule has 1 saturated heterocycles. The number of hydrogen-bond acceptors (Lipinski definition) is 3. The van der Waals surface area contributed by atoms with Crippen molar-refractivity contribution in [1.82, 2.24) is 0 Å². The van der Waals surface area contributed by atoms with Gasteiger partial charge in [-0.25, -0.2) is 4.79 Å². The molecular formula is C24H29F3N2O3. The lowest BCUT2D eigenvalue weighted by Gasteiger charge is -2.35. The number of rotatable bonds is 7. The number of carboxylic acid groups (broad SMARTS) is 1. The molecule has 32 heavy (non-hydrogen) atoms. The largest absolute Gasteiger partial charge is 0.465 e. The molecular weight excluding hydrogens is 421 g/mol. The van der Waals surface area contributed by atoms with Crippen molar-refractivity contribution in [3.05, 3.63) is 59.7 Å². The maximum absolute atomic E-state index is 12.8. The van der Waals surface area contributed by atoms with Crippen LogP contribution in [0.15, 0.2) is 48.5 Å². The lowest BCUT2D eigenvalue weighted by atomic mass is 9.88. The number of anilines is 2. The highest BCUT2D eigenvalue weighted by atomic mass is 19.4. The molecule has 3 N–H and O–H groups in total. The van der Waals surface area contributed by atoms with E-state index in [9.17, 15) is 28.2 Å². The summed E-state index contributed by atoms with van der Waals surface area (Å²) in [5.41, 5.74) is 2.94. The van der Waals surface area contributed by atoms with Crippen molar-refractivity contribution in [3.8, 4) is 0 Å². The summed E-state index contributed by atoms with van der Waals surface area (Å²) in [4.78, 5) is 13.5. The van der Waals surface area contributed by atoms with Crippen molar-refractivity contribution in [3.63, 3.8) is 0 Å². The summed E-state index contributed by atoms with van der Waals surface area (Å²) in [6.07, 6.45) is -6.55. The minimum Gasteiger partial charge on any atom is -0.465 e. The molecule has 1 amide bonds. The molecule has 1 heterocycles. The Morgan fingerprint density at radius 1 is 1.16 bits per heavy atom. The van der Waals surface area contributed by atoms with Crippen LogP contribution in [-0.2, 0) is 0 Å². The fourth-order valence-corrected chi connectivity index (χ4v) is 4.42. The molecule has 5 nitrogen and oxygen atoms in total. The van der Waals surface area contributed by atoms with Gasteiger partial charge in [-0.15, -0.1) is 0 Å². The minimum absolute atomic E-state index is 0.355. The normalized spacial score (nSPS) is 17.1. The summed E-state index contributed by atoms with van der Waals surface area (Å²) in [7, 11) is 0. The lowest BCUT2D eigenvalue weighted by Crippen LogP contribution is -2.33. The molecule has 1 fully saturated rings. The molecule has 3 rings (SSSR count). The average Bonchev–Trinajstić information content (AvgIpc) is 2.77. The van der Waals surface area contributed by atoms with Crippen LogP contribution >= 0.6 is 0 Å². The predicted octanol–water partition coefficient (Wildman–Crippen LogP) is 5.97. The van der Waals surface area contributed by atoms with E-state index in [1.165, 1.54) is 5.56 Å². The van der Waals surface area contributed by atoms with Crippen molar-refractivity contribution in [2.45, 2.75) is 56.7 Å². The zero-order valence-corrected chi connectivity index (χ0v) is 18.0. The molecule has 2 atom stereocenters. The maximum atomic E-state index is 12.8. The molecule has 2 aromatic rings. The van der Waals surface area contributed by atoms with Crippen LogP contribution in [0.2, 0.25) is 0 Å². The first-order chi connectivity index (χ1) is 15.2. The van der Waals surface area contributed by atoms with Gasteiger partial charge in [0.15, 0.2) is 0 Å². The number of hydrogen-bond donors (Lipinski definition) is 3. The molecule has 0 saturated carbocycles. The number of nitrogens with zero attached hydrogens (tertiary/aromatic N) is 1. The monoisotopic (exact) mass is 450 g/mol. The Labute approximate surface area is 185 Å². The first-order valence-corrected chi connectivity index (χ1v) is 10.9. The Balaban J connectivity index is 1.79. The van der Waals surface area contributed by atoms with E-state index in [1.54, 1.807) is 25.1 Å². The van der Waals surface area contributed by atoms with Crippen LogP contribution in [0.4, 0.5) is 29.3 Å². The summed E-state index contributed by atoms with van der Waals surface area (Å²) in [5.74, 6) is -0.102. The fourth-order valence-electron chi connectivity index (χ4n) is 4.42. The van der Waals surface area contributed by atoms with Crippen molar-refractivity contribution in [2.24, 2.45) is 0 Å². The Morgan fingerprint density at radius 3 is 2.38 bits per heavy atom. The van der Waals surface area contributed by atoms with E-state index >= 15 is 0 Å². The van der Waals surface area contributed by atoms with Gasteiger partial charge in [0, 0.05) is 13.1 Å². The number of amides is 1. The van der Waals surface area contributed by atoms with Crippen LogP contribution in [0.5, 0.6) is 0 Å². The molecule has 2 unspecified atom stereocenters. The fraction of sp³-hybridized carbons (Fsp3) is 0.458. The second kappa shape index (κ2) is 10.3. The van der Waals surface area contributed by atoms with Crippen molar-refractivity contribution < 1.29 is 28.2 Å². The Hall–Kier alpha value is -2.74. The van der Waals surface area contributed by atoms with Crippen molar-refractivity contribution in [2.75, 3.05) is 23.3 Å². The van der Waals surface area contributed by atoms with Crippen molar-refractivity contribution >= 4 is 17.5 Å². The van der Waals surface area contributed by atoms with E-state index in [4.69, 9.17) is 0 Å². The molecule has 8 heteroatoms. The van der Waals surface area contributed by atoms with Crippen LogP contribution in [-0.4, -0.2) is 41.7 Å². The zero-order chi connectivity index (χ0) is 23.3. The molecule has 1 aliphatic heterocycles. The number of aliphatic hydroxyl groups is 1. The highest BCUT2D eigenvalue weighted by molar-refractivity contribution is 5.89. The van der Waals surface area contributed by atoms with E-state index in [-0.39, 0.29) is 0 Å². The van der Waals surface area contributed by atoms with Gasteiger partial charge in [-0.3, -0.25) is 5.32 Å². The van der Waals surface area contributed by atoms with Gasteiger partial charge in [0.1, 0.15) is 6.10 Å². The summed E-state index contributed by atoms with van der Waals surface area (Å²) in [6.45, 7) is 3.24. The van der Waals surface area contributed by atoms with Gasteiger partial charge in [-0.05, 0) is 60.8 Å². The van der Waals surface area contributed by atoms with Crippen LogP contribution in [0, 0.1) is 0 Å². The maximum Gasteiger partial charge on any atom is 0.414 e. The summed E-state index contributed by atoms with van der Waals surface area (Å²) < 4.78 is 38.5. The second-order valence-electron chi connectivity index (χ2n) is 8.28. The third-order valence-electron chi connectivity index (χ3n) is 6.22. The number of halogens is 3. The predicted molar refractivity (Wildman–Crippen MR) is 118 cm³/mol. The molecule has 0 spiro atoms. The van der Waals surface area contributed by atoms with Gasteiger partial charge in [-0.1, -0.05) is 43.3 Å². The molecule has 0 bridgehead atoms. The summed E-state index contributed by atoms with van der Waals surface area (Å²) in [5, 5.41) is 21.2. The average molecular weight is 451 g/mol. The van der Waals surface area contributed by atoms with E-state index in [1.807, 2.05) is 18.2 Å². The Kier molecular flexibility index (Phi) is 7.66. The topological polar surface area (TPSA) is 72.8 Å². The molecule has 0 aromatic heterocycles. The first kappa shape index (κ1) is 23.9. The van der Waals surface area contributed by atoms with Crippen LogP contribution in [0.1, 0.15) is 55.6 Å². The Bertz CT molecular complexity index is 897. The van der Waals surface area contributed by atoms with E-state index in [0.29, 0.717) is 29.3 Å². The standard InChI is InChI=1S/C24H29F3N2O3/c1-2-16(15-22(30)24(25,26)27)19-8-9-21(20(14-19)28-23(31)32)29-12-10-18(11-13-29)17-6-4-3-5-7-17/h3-9,14,16,18,22,28,30H,2,10-13,15H2,1H3,(H,31,32). The summed E-state index contributed by atoms with van der Waals surface area (Å²) >= 11 is 0. The smallest absolute Gasteiger partial charge is 0.414 e. The SMILES string of the molecule is CCC(CC(O)C(F)(F)F)c1ccc(N2CCC(c3ccccc3)CC2)c(NC(=O)O)c1. The molecule has 0 radical (unpaired) electrons. The zero-order valence-electron chi connectivity index (χ0n) is 18.0. The highest BCUT2D eigenvalue weighted by Gasteiger charge is 2.39. The van der Waals surface area contributed by atoms with Gasteiger partial charge in [0.05, 0.1) is 11.4 Å². The number of benzene rings is 2. The number of carbonyl (C=O) groups is 1. The van der Waals surface area contributed by atoms with E-state index in [2.05, 4.69) is 22.3 Å². The van der Waals surface area contributed by atoms with Gasteiger partial charge in [0.2, 0.25) is 0 Å². The lowest BCUT2D eigenvalue weighted by molar-refractivity contribution is -0.206. The summed E-state index contributed by atoms with van der Waals surface area (Å²) in [6, 6.07) is 15.4. The second-order valence-corrected chi connectivity index (χ2v) is 8.28.